The van der Waals surface area contributed by atoms with Gasteiger partial charge >= 0.3 is 0 Å². The summed E-state index contributed by atoms with van der Waals surface area (Å²) in [7, 11) is -0.594. The third-order valence-corrected chi connectivity index (χ3v) is 7.56. The molecule has 4 rings (SSSR count). The van der Waals surface area contributed by atoms with Crippen LogP contribution in [0.2, 0.25) is 0 Å². The number of hydrogen-bond donors (Lipinski definition) is 0. The Labute approximate surface area is 191 Å². The summed E-state index contributed by atoms with van der Waals surface area (Å²) in [6, 6.07) is 19.7. The second-order valence-electron chi connectivity index (χ2n) is 7.20. The van der Waals surface area contributed by atoms with Gasteiger partial charge in [-0.15, -0.1) is 11.3 Å². The van der Waals surface area contributed by atoms with Crippen molar-refractivity contribution in [1.29, 1.82) is 0 Å². The van der Waals surface area contributed by atoms with Crippen LogP contribution in [0, 0.1) is 0 Å². The first kappa shape index (κ1) is 21.9. The fraction of sp³-hybridized carbons (Fsp3) is 0.0833. The molecule has 0 amide bonds. The maximum absolute atomic E-state index is 12.7. The van der Waals surface area contributed by atoms with Crippen molar-refractivity contribution in [3.8, 4) is 16.3 Å². The lowest BCUT2D eigenvalue weighted by atomic mass is 10.1. The first-order valence-corrected chi connectivity index (χ1v) is 12.1. The van der Waals surface area contributed by atoms with Crippen molar-refractivity contribution < 1.29 is 13.2 Å². The van der Waals surface area contributed by atoms with Crippen molar-refractivity contribution in [2.24, 2.45) is 0 Å². The molecule has 0 radical (unpaired) electrons. The molecule has 0 saturated heterocycles. The van der Waals surface area contributed by atoms with Crippen LogP contribution in [0.3, 0.4) is 0 Å². The van der Waals surface area contributed by atoms with Gasteiger partial charge in [-0.1, -0.05) is 24.3 Å². The predicted molar refractivity (Wildman–Crippen MR) is 128 cm³/mol. The average Bonchev–Trinajstić information content (AvgIpc) is 3.48. The van der Waals surface area contributed by atoms with Gasteiger partial charge in [0.1, 0.15) is 5.69 Å². The molecule has 0 bridgehead atoms. The van der Waals surface area contributed by atoms with Gasteiger partial charge in [-0.3, -0.25) is 4.79 Å². The van der Waals surface area contributed by atoms with E-state index in [4.69, 9.17) is 5.10 Å². The van der Waals surface area contributed by atoms with E-state index in [0.717, 1.165) is 26.1 Å². The zero-order valence-corrected chi connectivity index (χ0v) is 19.2. The number of para-hydroxylation sites is 1. The summed E-state index contributed by atoms with van der Waals surface area (Å²) in [6.45, 7) is 0. The highest BCUT2D eigenvalue weighted by Gasteiger charge is 2.17. The quantitative estimate of drug-likeness (QED) is 0.293. The molecule has 2 heterocycles. The topological polar surface area (TPSA) is 72.3 Å². The Hall–Kier alpha value is -3.33. The average molecular weight is 464 g/mol. The van der Waals surface area contributed by atoms with Crippen LogP contribution < -0.4 is 0 Å². The molecule has 0 aliphatic rings. The fourth-order valence-electron chi connectivity index (χ4n) is 3.09. The van der Waals surface area contributed by atoms with Crippen molar-refractivity contribution in [2.45, 2.75) is 4.90 Å². The lowest BCUT2D eigenvalue weighted by Gasteiger charge is -2.11. The molecule has 2 aromatic carbocycles. The van der Waals surface area contributed by atoms with Gasteiger partial charge in [-0.25, -0.2) is 17.4 Å². The largest absolute Gasteiger partial charge is 0.289 e. The number of sulfonamides is 1. The minimum absolute atomic E-state index is 0.146. The second-order valence-corrected chi connectivity index (χ2v) is 10.3. The number of ketones is 1. The van der Waals surface area contributed by atoms with Gasteiger partial charge in [-0.2, -0.15) is 5.10 Å². The van der Waals surface area contributed by atoms with Crippen molar-refractivity contribution >= 4 is 33.2 Å². The minimum Gasteiger partial charge on any atom is -0.289 e. The lowest BCUT2D eigenvalue weighted by molar-refractivity contribution is 0.104. The Kier molecular flexibility index (Phi) is 6.18. The number of thiophene rings is 1. The van der Waals surface area contributed by atoms with Crippen molar-refractivity contribution in [3.05, 3.63) is 95.5 Å². The molecule has 0 saturated carbocycles. The summed E-state index contributed by atoms with van der Waals surface area (Å²) in [5, 5.41) is 6.71. The number of aromatic nitrogens is 2. The number of benzene rings is 2. The van der Waals surface area contributed by atoms with Crippen LogP contribution in [0.25, 0.3) is 22.3 Å². The smallest absolute Gasteiger partial charge is 0.242 e. The molecular formula is C24H21N3O3S2. The van der Waals surface area contributed by atoms with Crippen LogP contribution in [0.1, 0.15) is 15.9 Å². The summed E-state index contributed by atoms with van der Waals surface area (Å²) < 4.78 is 27.4. The highest BCUT2D eigenvalue weighted by atomic mass is 32.2. The van der Waals surface area contributed by atoms with Gasteiger partial charge < -0.3 is 0 Å². The molecule has 6 nitrogen and oxygen atoms in total. The van der Waals surface area contributed by atoms with Crippen molar-refractivity contribution in [3.63, 3.8) is 0 Å². The molecule has 0 N–H and O–H groups in total. The maximum atomic E-state index is 12.7. The van der Waals surface area contributed by atoms with Gasteiger partial charge in [-0.05, 0) is 60.0 Å². The SMILES string of the molecule is CN(C)S(=O)(=O)c1ccc(C(=O)C=Cc2cn(-c3ccccc3)nc2-c2cccs2)cc1. The fourth-order valence-corrected chi connectivity index (χ4v) is 4.72. The number of rotatable bonds is 7. The van der Waals surface area contributed by atoms with E-state index in [1.165, 1.54) is 44.4 Å². The van der Waals surface area contributed by atoms with Gasteiger partial charge in [0, 0.05) is 31.4 Å². The molecule has 8 heteroatoms. The Morgan fingerprint density at radius 2 is 1.72 bits per heavy atom. The molecule has 0 unspecified atom stereocenters. The number of nitrogens with zero attached hydrogens (tertiary/aromatic N) is 3. The molecular weight excluding hydrogens is 442 g/mol. The third-order valence-electron chi connectivity index (χ3n) is 4.85. The number of hydrogen-bond acceptors (Lipinski definition) is 5. The van der Waals surface area contributed by atoms with E-state index in [1.54, 1.807) is 22.1 Å². The van der Waals surface area contributed by atoms with E-state index in [2.05, 4.69) is 0 Å². The molecule has 2 aromatic heterocycles. The Morgan fingerprint density at radius 3 is 2.34 bits per heavy atom. The van der Waals surface area contributed by atoms with Crippen LogP contribution in [-0.2, 0) is 10.0 Å². The normalized spacial score (nSPS) is 12.0. The predicted octanol–water partition coefficient (Wildman–Crippen LogP) is 4.75. The molecule has 32 heavy (non-hydrogen) atoms. The Bertz CT molecular complexity index is 1350. The van der Waals surface area contributed by atoms with Gasteiger partial charge in [0.2, 0.25) is 10.0 Å². The van der Waals surface area contributed by atoms with Gasteiger partial charge in [0.15, 0.2) is 5.78 Å². The monoisotopic (exact) mass is 463 g/mol. The lowest BCUT2D eigenvalue weighted by Crippen LogP contribution is -2.22. The van der Waals surface area contributed by atoms with E-state index in [-0.39, 0.29) is 10.7 Å². The highest BCUT2D eigenvalue weighted by Crippen LogP contribution is 2.28. The number of allylic oxidation sites excluding steroid dienone is 1. The summed E-state index contributed by atoms with van der Waals surface area (Å²) in [5.74, 6) is -0.219. The van der Waals surface area contributed by atoms with Crippen LogP contribution in [0.15, 0.2) is 89.3 Å². The van der Waals surface area contributed by atoms with Crippen molar-refractivity contribution in [2.75, 3.05) is 14.1 Å². The summed E-state index contributed by atoms with van der Waals surface area (Å²) in [5.41, 5.74) is 2.94. The molecule has 0 aliphatic carbocycles. The summed E-state index contributed by atoms with van der Waals surface area (Å²) in [4.78, 5) is 13.9. The van der Waals surface area contributed by atoms with Gasteiger partial charge in [0.25, 0.3) is 0 Å². The molecule has 4 aromatic rings. The highest BCUT2D eigenvalue weighted by molar-refractivity contribution is 7.89. The summed E-state index contributed by atoms with van der Waals surface area (Å²) >= 11 is 1.58. The second kappa shape index (κ2) is 9.04. The van der Waals surface area contributed by atoms with Crippen LogP contribution in [-0.4, -0.2) is 42.4 Å². The zero-order chi connectivity index (χ0) is 22.7. The number of carbonyl (C=O) groups excluding carboxylic acids is 1. The first-order chi connectivity index (χ1) is 15.4. The minimum atomic E-state index is -3.53. The van der Waals surface area contributed by atoms with Crippen LogP contribution >= 0.6 is 11.3 Å². The van der Waals surface area contributed by atoms with E-state index < -0.39 is 10.0 Å². The molecule has 162 valence electrons. The molecule has 0 atom stereocenters. The van der Waals surface area contributed by atoms with Gasteiger partial charge in [0.05, 0.1) is 15.5 Å². The van der Waals surface area contributed by atoms with Crippen molar-refractivity contribution in [1.82, 2.24) is 14.1 Å². The van der Waals surface area contributed by atoms with E-state index in [0.29, 0.717) is 5.56 Å². The Balaban J connectivity index is 1.63. The van der Waals surface area contributed by atoms with E-state index >= 15 is 0 Å². The molecule has 0 aliphatic heterocycles. The van der Waals surface area contributed by atoms with Crippen LogP contribution in [0.5, 0.6) is 0 Å². The summed E-state index contributed by atoms with van der Waals surface area (Å²) in [6.07, 6.45) is 5.12. The zero-order valence-electron chi connectivity index (χ0n) is 17.5. The Morgan fingerprint density at radius 1 is 1.00 bits per heavy atom. The van der Waals surface area contributed by atoms with E-state index in [9.17, 15) is 13.2 Å². The third kappa shape index (κ3) is 4.47. The number of carbonyl (C=O) groups is 1. The van der Waals surface area contributed by atoms with Crippen LogP contribution in [0.4, 0.5) is 0 Å². The first-order valence-electron chi connectivity index (χ1n) is 9.80. The van der Waals surface area contributed by atoms with E-state index in [1.807, 2.05) is 54.0 Å². The standard InChI is InChI=1S/C24H21N3O3S2/c1-26(2)32(29,30)21-13-10-18(11-14-21)22(28)15-12-19-17-27(20-7-4-3-5-8-20)25-24(19)23-9-6-16-31-23/h3-17H,1-2H3. The molecule has 0 spiro atoms. The maximum Gasteiger partial charge on any atom is 0.242 e. The molecule has 0 fully saturated rings.